The molecular formula is C14H17Cl2NO. The fraction of sp³-hybridized carbons (Fsp3) is 0.500. The van der Waals surface area contributed by atoms with Gasteiger partial charge in [-0.15, -0.1) is 11.6 Å². The molecule has 1 aliphatic rings. The van der Waals surface area contributed by atoms with Crippen LogP contribution in [0.2, 0.25) is 5.02 Å². The summed E-state index contributed by atoms with van der Waals surface area (Å²) in [5.74, 6) is 0.639. The first-order chi connectivity index (χ1) is 8.56. The third kappa shape index (κ3) is 3.18. The van der Waals surface area contributed by atoms with Gasteiger partial charge in [-0.05, 0) is 55.4 Å². The van der Waals surface area contributed by atoms with Gasteiger partial charge in [-0.1, -0.05) is 11.6 Å². The molecule has 1 fully saturated rings. The highest BCUT2D eigenvalue weighted by Crippen LogP contribution is 2.48. The Hall–Kier alpha value is -0.730. The fourth-order valence-corrected chi connectivity index (χ4v) is 2.76. The van der Waals surface area contributed by atoms with Crippen molar-refractivity contribution in [3.63, 3.8) is 0 Å². The maximum atomic E-state index is 12.1. The van der Waals surface area contributed by atoms with E-state index in [4.69, 9.17) is 23.2 Å². The highest BCUT2D eigenvalue weighted by atomic mass is 35.5. The normalized spacial score (nSPS) is 16.4. The predicted molar refractivity (Wildman–Crippen MR) is 75.5 cm³/mol. The molecule has 0 bridgehead atoms. The number of rotatable bonds is 5. The molecule has 0 radical (unpaired) electrons. The molecule has 1 amide bonds. The number of hydrogen-bond donors (Lipinski definition) is 1. The molecule has 1 aromatic carbocycles. The molecule has 18 heavy (non-hydrogen) atoms. The van der Waals surface area contributed by atoms with Gasteiger partial charge in [0.05, 0.1) is 0 Å². The van der Waals surface area contributed by atoms with E-state index in [-0.39, 0.29) is 11.3 Å². The van der Waals surface area contributed by atoms with Crippen molar-refractivity contribution in [1.82, 2.24) is 5.32 Å². The maximum absolute atomic E-state index is 12.1. The average molecular weight is 286 g/mol. The van der Waals surface area contributed by atoms with Crippen LogP contribution in [0.4, 0.5) is 0 Å². The molecule has 1 N–H and O–H groups in total. The standard InChI is InChI=1S/C14H17Cl2NO/c1-10-8-11(16)2-3-12(10)13(18)17-9-14(4-5-14)6-7-15/h2-3,8H,4-7,9H2,1H3,(H,17,18). The number of aryl methyl sites for hydroxylation is 1. The van der Waals surface area contributed by atoms with Gasteiger partial charge in [0.15, 0.2) is 0 Å². The first-order valence-electron chi connectivity index (χ1n) is 6.17. The molecule has 0 atom stereocenters. The highest BCUT2D eigenvalue weighted by molar-refractivity contribution is 6.30. The Morgan fingerprint density at radius 2 is 2.17 bits per heavy atom. The molecular weight excluding hydrogens is 269 g/mol. The van der Waals surface area contributed by atoms with Crippen molar-refractivity contribution >= 4 is 29.1 Å². The third-order valence-corrected chi connectivity index (χ3v) is 4.06. The minimum atomic E-state index is -0.0231. The van der Waals surface area contributed by atoms with E-state index in [0.717, 1.165) is 18.5 Å². The van der Waals surface area contributed by atoms with Crippen LogP contribution in [0.1, 0.15) is 35.2 Å². The Morgan fingerprint density at radius 1 is 1.44 bits per heavy atom. The summed E-state index contributed by atoms with van der Waals surface area (Å²) in [6.45, 7) is 2.62. The summed E-state index contributed by atoms with van der Waals surface area (Å²) in [4.78, 5) is 12.1. The zero-order chi connectivity index (χ0) is 13.2. The monoisotopic (exact) mass is 285 g/mol. The second-order valence-corrected chi connectivity index (χ2v) is 5.90. The lowest BCUT2D eigenvalue weighted by Crippen LogP contribution is -2.30. The zero-order valence-electron chi connectivity index (χ0n) is 10.4. The Balaban J connectivity index is 1.96. The summed E-state index contributed by atoms with van der Waals surface area (Å²) in [6.07, 6.45) is 3.31. The molecule has 98 valence electrons. The molecule has 0 unspecified atom stereocenters. The minimum absolute atomic E-state index is 0.0231. The smallest absolute Gasteiger partial charge is 0.251 e. The summed E-state index contributed by atoms with van der Waals surface area (Å²) in [5.41, 5.74) is 1.86. The summed E-state index contributed by atoms with van der Waals surface area (Å²) < 4.78 is 0. The van der Waals surface area contributed by atoms with Gasteiger partial charge in [0.2, 0.25) is 0 Å². The van der Waals surface area contributed by atoms with Crippen LogP contribution in [0.25, 0.3) is 0 Å². The van der Waals surface area contributed by atoms with Crippen molar-refractivity contribution in [1.29, 1.82) is 0 Å². The maximum Gasteiger partial charge on any atom is 0.251 e. The second-order valence-electron chi connectivity index (χ2n) is 5.08. The van der Waals surface area contributed by atoms with Crippen LogP contribution in [0, 0.1) is 12.3 Å². The van der Waals surface area contributed by atoms with E-state index in [2.05, 4.69) is 5.32 Å². The number of carbonyl (C=O) groups excluding carboxylic acids is 1. The Morgan fingerprint density at radius 3 is 2.72 bits per heavy atom. The van der Waals surface area contributed by atoms with Crippen LogP contribution in [0.15, 0.2) is 18.2 Å². The minimum Gasteiger partial charge on any atom is -0.351 e. The van der Waals surface area contributed by atoms with E-state index in [9.17, 15) is 4.79 Å². The van der Waals surface area contributed by atoms with E-state index in [1.165, 1.54) is 12.8 Å². The van der Waals surface area contributed by atoms with Crippen molar-refractivity contribution in [3.8, 4) is 0 Å². The zero-order valence-corrected chi connectivity index (χ0v) is 11.9. The van der Waals surface area contributed by atoms with Gasteiger partial charge >= 0.3 is 0 Å². The summed E-state index contributed by atoms with van der Waals surface area (Å²) >= 11 is 11.6. The van der Waals surface area contributed by atoms with Gasteiger partial charge in [0.25, 0.3) is 5.91 Å². The van der Waals surface area contributed by atoms with Crippen LogP contribution in [-0.4, -0.2) is 18.3 Å². The summed E-state index contributed by atoms with van der Waals surface area (Å²) in [7, 11) is 0. The number of halogens is 2. The lowest BCUT2D eigenvalue weighted by Gasteiger charge is -2.15. The van der Waals surface area contributed by atoms with Crippen molar-refractivity contribution in [3.05, 3.63) is 34.3 Å². The van der Waals surface area contributed by atoms with Crippen LogP contribution in [0.3, 0.4) is 0 Å². The molecule has 1 aromatic rings. The highest BCUT2D eigenvalue weighted by Gasteiger charge is 2.41. The first kappa shape index (κ1) is 13.7. The number of benzene rings is 1. The Bertz CT molecular complexity index is 455. The number of amides is 1. The van der Waals surface area contributed by atoms with Gasteiger partial charge in [0, 0.05) is 23.0 Å². The molecule has 2 nitrogen and oxygen atoms in total. The van der Waals surface area contributed by atoms with Crippen molar-refractivity contribution in [2.24, 2.45) is 5.41 Å². The topological polar surface area (TPSA) is 29.1 Å². The third-order valence-electron chi connectivity index (χ3n) is 3.64. The van der Waals surface area contributed by atoms with Gasteiger partial charge < -0.3 is 5.32 Å². The lowest BCUT2D eigenvalue weighted by atomic mass is 10.0. The van der Waals surface area contributed by atoms with E-state index in [1.54, 1.807) is 12.1 Å². The van der Waals surface area contributed by atoms with Gasteiger partial charge in [0.1, 0.15) is 0 Å². The quantitative estimate of drug-likeness (QED) is 0.820. The molecule has 0 heterocycles. The van der Waals surface area contributed by atoms with Gasteiger partial charge in [-0.2, -0.15) is 0 Å². The molecule has 1 aliphatic carbocycles. The van der Waals surface area contributed by atoms with Crippen LogP contribution in [-0.2, 0) is 0 Å². The Kier molecular flexibility index (Phi) is 4.18. The molecule has 0 spiro atoms. The predicted octanol–water partition coefficient (Wildman–Crippen LogP) is 3.79. The van der Waals surface area contributed by atoms with E-state index in [0.29, 0.717) is 16.5 Å². The number of alkyl halides is 1. The van der Waals surface area contributed by atoms with E-state index >= 15 is 0 Å². The SMILES string of the molecule is Cc1cc(Cl)ccc1C(=O)NCC1(CCCl)CC1. The molecule has 0 aliphatic heterocycles. The summed E-state index contributed by atoms with van der Waals surface area (Å²) in [6, 6.07) is 5.32. The molecule has 1 saturated carbocycles. The lowest BCUT2D eigenvalue weighted by molar-refractivity contribution is 0.0944. The largest absolute Gasteiger partial charge is 0.351 e. The first-order valence-corrected chi connectivity index (χ1v) is 7.08. The van der Waals surface area contributed by atoms with Crippen LogP contribution >= 0.6 is 23.2 Å². The van der Waals surface area contributed by atoms with Crippen molar-refractivity contribution in [2.75, 3.05) is 12.4 Å². The van der Waals surface area contributed by atoms with Gasteiger partial charge in [-0.25, -0.2) is 0 Å². The Labute approximate surface area is 118 Å². The van der Waals surface area contributed by atoms with Crippen LogP contribution < -0.4 is 5.32 Å². The van der Waals surface area contributed by atoms with E-state index < -0.39 is 0 Å². The van der Waals surface area contributed by atoms with Gasteiger partial charge in [-0.3, -0.25) is 4.79 Å². The number of nitrogens with one attached hydrogen (secondary N) is 1. The van der Waals surface area contributed by atoms with Crippen LogP contribution in [0.5, 0.6) is 0 Å². The molecule has 2 rings (SSSR count). The average Bonchev–Trinajstić information content (AvgIpc) is 3.07. The molecule has 0 saturated heterocycles. The second kappa shape index (κ2) is 5.50. The number of carbonyl (C=O) groups is 1. The van der Waals surface area contributed by atoms with E-state index in [1.807, 2.05) is 13.0 Å². The molecule has 4 heteroatoms. The molecule has 0 aromatic heterocycles. The number of hydrogen-bond acceptors (Lipinski definition) is 1. The summed E-state index contributed by atoms with van der Waals surface area (Å²) in [5, 5.41) is 3.66. The fourth-order valence-electron chi connectivity index (χ4n) is 2.14. The van der Waals surface area contributed by atoms with Crippen molar-refractivity contribution in [2.45, 2.75) is 26.2 Å². The van der Waals surface area contributed by atoms with Crippen molar-refractivity contribution < 1.29 is 4.79 Å².